The summed E-state index contributed by atoms with van der Waals surface area (Å²) in [6, 6.07) is 7.52. The first-order valence-electron chi connectivity index (χ1n) is 6.30. The number of thiocarbonyl (C=S) groups is 1. The van der Waals surface area contributed by atoms with E-state index < -0.39 is 5.92 Å². The number of hydrogen-bond acceptors (Lipinski definition) is 3. The lowest BCUT2D eigenvalue weighted by Gasteiger charge is -2.31. The zero-order valence-corrected chi connectivity index (χ0v) is 13.6. The van der Waals surface area contributed by atoms with Crippen LogP contribution in [-0.4, -0.2) is 23.4 Å². The number of nitrogens with one attached hydrogen (secondary N) is 1. The molecule has 1 aliphatic heterocycles. The van der Waals surface area contributed by atoms with Crippen molar-refractivity contribution in [3.63, 3.8) is 0 Å². The quantitative estimate of drug-likeness (QED) is 0.669. The Labute approximate surface area is 131 Å². The van der Waals surface area contributed by atoms with Gasteiger partial charge in [-0.3, -0.25) is 4.79 Å². The monoisotopic (exact) mass is 354 g/mol. The fourth-order valence-corrected chi connectivity index (χ4v) is 2.92. The van der Waals surface area contributed by atoms with Crippen LogP contribution in [0.1, 0.15) is 25.5 Å². The smallest absolute Gasteiger partial charge is 0.317 e. The van der Waals surface area contributed by atoms with E-state index in [1.54, 1.807) is 13.8 Å². The van der Waals surface area contributed by atoms with Gasteiger partial charge in [-0.1, -0.05) is 28.1 Å². The molecule has 2 atom stereocenters. The number of esters is 1. The molecular formula is C14H15BrN2O2S. The molecule has 0 aliphatic carbocycles. The van der Waals surface area contributed by atoms with Gasteiger partial charge in [0.2, 0.25) is 0 Å². The number of carbonyl (C=O) groups excluding carboxylic acids is 1. The number of rotatable bonds is 3. The Hall–Kier alpha value is -1.27. The molecule has 1 N–H and O–H groups in total. The topological polar surface area (TPSA) is 50.7 Å². The van der Waals surface area contributed by atoms with E-state index in [1.165, 1.54) is 0 Å². The van der Waals surface area contributed by atoms with Crippen molar-refractivity contribution in [2.24, 2.45) is 10.9 Å². The lowest BCUT2D eigenvalue weighted by atomic mass is 9.88. The fourth-order valence-electron chi connectivity index (χ4n) is 2.23. The summed E-state index contributed by atoms with van der Waals surface area (Å²) in [5, 5.41) is 3.50. The van der Waals surface area contributed by atoms with Gasteiger partial charge in [-0.15, -0.1) is 0 Å². The number of hydrogen-bond donors (Lipinski definition) is 1. The minimum atomic E-state index is -0.462. The standard InChI is InChI=1S/C14H15BrN2O2S/c1-3-19-13(18)11-8(2)16-14(20)17-12(11)9-5-4-6-10(15)7-9/h4-7,11-12H,3H2,1-2H3,(H,17,20). The van der Waals surface area contributed by atoms with Crippen LogP contribution < -0.4 is 5.32 Å². The zero-order valence-electron chi connectivity index (χ0n) is 11.2. The molecule has 1 aliphatic rings. The van der Waals surface area contributed by atoms with Crippen LogP contribution in [0.3, 0.4) is 0 Å². The third kappa shape index (κ3) is 3.24. The predicted molar refractivity (Wildman–Crippen MR) is 85.8 cm³/mol. The number of aliphatic imine (C=N–C) groups is 1. The van der Waals surface area contributed by atoms with Crippen molar-refractivity contribution in [2.45, 2.75) is 19.9 Å². The van der Waals surface area contributed by atoms with Crippen LogP contribution in [0.4, 0.5) is 0 Å². The van der Waals surface area contributed by atoms with Crippen LogP contribution in [-0.2, 0) is 9.53 Å². The highest BCUT2D eigenvalue weighted by molar-refractivity contribution is 9.10. The number of ether oxygens (including phenoxy) is 1. The molecule has 0 bridgehead atoms. The normalized spacial score (nSPS) is 21.9. The summed E-state index contributed by atoms with van der Waals surface area (Å²) in [6.45, 7) is 3.94. The van der Waals surface area contributed by atoms with Crippen molar-refractivity contribution >= 4 is 44.9 Å². The number of carbonyl (C=O) groups is 1. The Morgan fingerprint density at radius 3 is 2.95 bits per heavy atom. The van der Waals surface area contributed by atoms with Crippen LogP contribution in [0.2, 0.25) is 0 Å². The van der Waals surface area contributed by atoms with Crippen LogP contribution in [0.25, 0.3) is 0 Å². The van der Waals surface area contributed by atoms with Crippen molar-refractivity contribution in [1.82, 2.24) is 5.32 Å². The maximum absolute atomic E-state index is 12.2. The van der Waals surface area contributed by atoms with Crippen molar-refractivity contribution in [2.75, 3.05) is 6.61 Å². The SMILES string of the molecule is CCOC(=O)C1C(C)=NC(=S)NC1c1cccc(Br)c1. The first kappa shape index (κ1) is 15.1. The number of halogens is 1. The predicted octanol–water partition coefficient (Wildman–Crippen LogP) is 3.02. The molecule has 0 amide bonds. The maximum Gasteiger partial charge on any atom is 0.317 e. The van der Waals surface area contributed by atoms with Gasteiger partial charge >= 0.3 is 5.97 Å². The van der Waals surface area contributed by atoms with Crippen LogP contribution >= 0.6 is 28.1 Å². The van der Waals surface area contributed by atoms with Gasteiger partial charge in [0.25, 0.3) is 0 Å². The second-order valence-corrected chi connectivity index (χ2v) is 5.77. The van der Waals surface area contributed by atoms with E-state index in [2.05, 4.69) is 26.2 Å². The molecule has 4 nitrogen and oxygen atoms in total. The molecule has 1 heterocycles. The second-order valence-electron chi connectivity index (χ2n) is 4.47. The van der Waals surface area contributed by atoms with Gasteiger partial charge in [0, 0.05) is 10.2 Å². The van der Waals surface area contributed by atoms with E-state index in [4.69, 9.17) is 17.0 Å². The van der Waals surface area contributed by atoms with Crippen LogP contribution in [0.15, 0.2) is 33.7 Å². The summed E-state index contributed by atoms with van der Waals surface area (Å²) in [5.41, 5.74) is 1.64. The molecule has 1 aromatic carbocycles. The minimum Gasteiger partial charge on any atom is -0.465 e. The highest BCUT2D eigenvalue weighted by Crippen LogP contribution is 2.29. The highest BCUT2D eigenvalue weighted by Gasteiger charge is 2.36. The van der Waals surface area contributed by atoms with E-state index in [0.29, 0.717) is 17.4 Å². The Balaban J connectivity index is 2.40. The Bertz CT molecular complexity index is 574. The highest BCUT2D eigenvalue weighted by atomic mass is 79.9. The molecule has 2 unspecified atom stereocenters. The summed E-state index contributed by atoms with van der Waals surface area (Å²) >= 11 is 8.57. The second kappa shape index (κ2) is 6.45. The number of benzene rings is 1. The Morgan fingerprint density at radius 1 is 1.55 bits per heavy atom. The summed E-state index contributed by atoms with van der Waals surface area (Å²) < 4.78 is 6.10. The average Bonchev–Trinajstić information content (AvgIpc) is 2.37. The van der Waals surface area contributed by atoms with E-state index in [1.807, 2.05) is 24.3 Å². The first-order valence-corrected chi connectivity index (χ1v) is 7.50. The van der Waals surface area contributed by atoms with Crippen molar-refractivity contribution in [1.29, 1.82) is 0 Å². The molecule has 2 rings (SSSR count). The Morgan fingerprint density at radius 2 is 2.30 bits per heavy atom. The summed E-state index contributed by atoms with van der Waals surface area (Å²) in [4.78, 5) is 16.4. The van der Waals surface area contributed by atoms with E-state index in [9.17, 15) is 4.79 Å². The average molecular weight is 355 g/mol. The largest absolute Gasteiger partial charge is 0.465 e. The summed E-state index contributed by atoms with van der Waals surface area (Å²) in [7, 11) is 0. The Kier molecular flexibility index (Phi) is 4.88. The zero-order chi connectivity index (χ0) is 14.7. The van der Waals surface area contributed by atoms with Crippen molar-refractivity contribution in [3.8, 4) is 0 Å². The summed E-state index contributed by atoms with van der Waals surface area (Å²) in [6.07, 6.45) is 0. The van der Waals surface area contributed by atoms with Gasteiger partial charge in [0.05, 0.1) is 12.6 Å². The minimum absolute atomic E-state index is 0.253. The first-order chi connectivity index (χ1) is 9.52. The van der Waals surface area contributed by atoms with Crippen LogP contribution in [0, 0.1) is 5.92 Å². The summed E-state index contributed by atoms with van der Waals surface area (Å²) in [5.74, 6) is -0.746. The fraction of sp³-hybridized carbons (Fsp3) is 0.357. The van der Waals surface area contributed by atoms with E-state index in [-0.39, 0.29) is 12.0 Å². The molecule has 0 aromatic heterocycles. The molecule has 0 spiro atoms. The third-order valence-electron chi connectivity index (χ3n) is 3.09. The van der Waals surface area contributed by atoms with Crippen molar-refractivity contribution in [3.05, 3.63) is 34.3 Å². The van der Waals surface area contributed by atoms with Gasteiger partial charge in [-0.05, 0) is 43.8 Å². The van der Waals surface area contributed by atoms with Gasteiger partial charge < -0.3 is 10.1 Å². The lowest BCUT2D eigenvalue weighted by molar-refractivity contribution is -0.146. The molecule has 0 radical (unpaired) electrons. The van der Waals surface area contributed by atoms with Crippen LogP contribution in [0.5, 0.6) is 0 Å². The van der Waals surface area contributed by atoms with Gasteiger partial charge in [-0.25, -0.2) is 4.99 Å². The molecule has 0 saturated heterocycles. The molecule has 106 valence electrons. The molecule has 0 saturated carbocycles. The molecule has 20 heavy (non-hydrogen) atoms. The lowest BCUT2D eigenvalue weighted by Crippen LogP contribution is -2.44. The molecule has 1 aromatic rings. The number of nitrogens with zero attached hydrogens (tertiary/aromatic N) is 1. The third-order valence-corrected chi connectivity index (χ3v) is 3.79. The van der Waals surface area contributed by atoms with E-state index in [0.717, 1.165) is 10.0 Å². The van der Waals surface area contributed by atoms with E-state index >= 15 is 0 Å². The molecule has 0 fully saturated rings. The van der Waals surface area contributed by atoms with Crippen molar-refractivity contribution < 1.29 is 9.53 Å². The molecule has 6 heteroatoms. The van der Waals surface area contributed by atoms with Gasteiger partial charge in [0.1, 0.15) is 5.92 Å². The molecular weight excluding hydrogens is 340 g/mol. The maximum atomic E-state index is 12.2. The van der Waals surface area contributed by atoms with Gasteiger partial charge in [-0.2, -0.15) is 0 Å². The van der Waals surface area contributed by atoms with Gasteiger partial charge in [0.15, 0.2) is 5.11 Å².